The number of hydrogen-bond acceptors (Lipinski definition) is 5. The molecule has 1 fully saturated rings. The van der Waals surface area contributed by atoms with Gasteiger partial charge in [0.1, 0.15) is 0 Å². The van der Waals surface area contributed by atoms with Gasteiger partial charge in [-0.15, -0.1) is 21.5 Å². The van der Waals surface area contributed by atoms with Crippen molar-refractivity contribution in [3.05, 3.63) is 40.2 Å². The van der Waals surface area contributed by atoms with E-state index in [1.165, 1.54) is 17.7 Å². The van der Waals surface area contributed by atoms with Gasteiger partial charge in [-0.2, -0.15) is 0 Å². The zero-order valence-electron chi connectivity index (χ0n) is 13.6. The highest BCUT2D eigenvalue weighted by Crippen LogP contribution is 2.19. The molecule has 0 atom stereocenters. The van der Waals surface area contributed by atoms with Crippen molar-refractivity contribution in [3.8, 4) is 0 Å². The van der Waals surface area contributed by atoms with Gasteiger partial charge in [0, 0.05) is 24.0 Å². The molecular formula is C17H22N4OS. The highest BCUT2D eigenvalue weighted by Gasteiger charge is 2.22. The van der Waals surface area contributed by atoms with Crippen LogP contribution in [0.5, 0.6) is 0 Å². The van der Waals surface area contributed by atoms with Gasteiger partial charge in [-0.25, -0.2) is 0 Å². The van der Waals surface area contributed by atoms with Gasteiger partial charge in [-0.3, -0.25) is 4.79 Å². The molecule has 3 heterocycles. The van der Waals surface area contributed by atoms with Crippen molar-refractivity contribution in [2.75, 3.05) is 18.0 Å². The first-order valence-electron chi connectivity index (χ1n) is 8.07. The molecule has 2 aromatic rings. The normalized spacial score (nSPS) is 14.5. The van der Waals surface area contributed by atoms with Crippen molar-refractivity contribution in [3.63, 3.8) is 0 Å². The van der Waals surface area contributed by atoms with Crippen LogP contribution in [0.3, 0.4) is 0 Å². The zero-order chi connectivity index (χ0) is 16.2. The molecule has 3 rings (SSSR count). The van der Waals surface area contributed by atoms with E-state index in [2.05, 4.69) is 21.2 Å². The van der Waals surface area contributed by atoms with Crippen molar-refractivity contribution in [1.82, 2.24) is 15.1 Å². The number of anilines is 1. The lowest BCUT2D eigenvalue weighted by Crippen LogP contribution is -2.36. The maximum atomic E-state index is 12.8. The molecule has 0 bridgehead atoms. The largest absolute Gasteiger partial charge is 0.355 e. The molecule has 1 saturated heterocycles. The fraction of sp³-hybridized carbons (Fsp3) is 0.471. The average molecular weight is 330 g/mol. The van der Waals surface area contributed by atoms with Gasteiger partial charge < -0.3 is 9.80 Å². The third kappa shape index (κ3) is 3.69. The standard InChI is InChI=1S/C17H22N4OS/c1-13(2)21(12-14-6-5-11-23-14)17(22)15-7-8-16(19-18-15)20-9-3-4-10-20/h5-8,11,13H,3-4,9-10,12H2,1-2H3. The molecule has 0 N–H and O–H groups in total. The molecule has 0 unspecified atom stereocenters. The van der Waals surface area contributed by atoms with Gasteiger partial charge in [0.05, 0.1) is 6.54 Å². The summed E-state index contributed by atoms with van der Waals surface area (Å²) < 4.78 is 0. The minimum absolute atomic E-state index is 0.0612. The lowest BCUT2D eigenvalue weighted by molar-refractivity contribution is 0.0685. The summed E-state index contributed by atoms with van der Waals surface area (Å²) in [6, 6.07) is 7.88. The number of nitrogens with zero attached hydrogens (tertiary/aromatic N) is 4. The Morgan fingerprint density at radius 3 is 2.61 bits per heavy atom. The van der Waals surface area contributed by atoms with Crippen LogP contribution in [0.25, 0.3) is 0 Å². The molecule has 1 amide bonds. The van der Waals surface area contributed by atoms with E-state index in [0.29, 0.717) is 12.2 Å². The highest BCUT2D eigenvalue weighted by molar-refractivity contribution is 7.09. The Bertz CT molecular complexity index is 633. The van der Waals surface area contributed by atoms with E-state index < -0.39 is 0 Å². The molecule has 0 spiro atoms. The molecule has 1 aliphatic rings. The van der Waals surface area contributed by atoms with Gasteiger partial charge >= 0.3 is 0 Å². The summed E-state index contributed by atoms with van der Waals surface area (Å²) in [4.78, 5) is 18.0. The Balaban J connectivity index is 1.74. The molecule has 5 nitrogen and oxygen atoms in total. The van der Waals surface area contributed by atoms with Crippen LogP contribution in [0, 0.1) is 0 Å². The molecule has 23 heavy (non-hydrogen) atoms. The smallest absolute Gasteiger partial charge is 0.274 e. The van der Waals surface area contributed by atoms with E-state index in [1.54, 1.807) is 17.4 Å². The maximum Gasteiger partial charge on any atom is 0.274 e. The molecule has 0 aliphatic carbocycles. The number of hydrogen-bond donors (Lipinski definition) is 0. The topological polar surface area (TPSA) is 49.3 Å². The molecule has 1 aliphatic heterocycles. The van der Waals surface area contributed by atoms with Crippen molar-refractivity contribution in [2.45, 2.75) is 39.3 Å². The molecule has 122 valence electrons. The Labute approximate surface area is 140 Å². The van der Waals surface area contributed by atoms with Crippen LogP contribution in [0.15, 0.2) is 29.6 Å². The molecule has 0 saturated carbocycles. The monoisotopic (exact) mass is 330 g/mol. The van der Waals surface area contributed by atoms with E-state index >= 15 is 0 Å². The van der Waals surface area contributed by atoms with Crippen molar-refractivity contribution < 1.29 is 4.79 Å². The van der Waals surface area contributed by atoms with Crippen LogP contribution < -0.4 is 4.90 Å². The quantitative estimate of drug-likeness (QED) is 0.845. The maximum absolute atomic E-state index is 12.8. The fourth-order valence-electron chi connectivity index (χ4n) is 2.76. The Hall–Kier alpha value is -1.95. The van der Waals surface area contributed by atoms with E-state index in [4.69, 9.17) is 0 Å². The predicted octanol–water partition coefficient (Wildman–Crippen LogP) is 3.19. The van der Waals surface area contributed by atoms with Gasteiger partial charge in [0.15, 0.2) is 11.5 Å². The fourth-order valence-corrected chi connectivity index (χ4v) is 3.46. The van der Waals surface area contributed by atoms with Crippen molar-refractivity contribution in [1.29, 1.82) is 0 Å². The lowest BCUT2D eigenvalue weighted by atomic mass is 10.2. The summed E-state index contributed by atoms with van der Waals surface area (Å²) in [6.07, 6.45) is 2.40. The van der Waals surface area contributed by atoms with E-state index in [-0.39, 0.29) is 11.9 Å². The van der Waals surface area contributed by atoms with Crippen molar-refractivity contribution >= 4 is 23.1 Å². The summed E-state index contributed by atoms with van der Waals surface area (Å²) in [5.41, 5.74) is 0.415. The Morgan fingerprint density at radius 1 is 1.26 bits per heavy atom. The summed E-state index contributed by atoms with van der Waals surface area (Å²) in [7, 11) is 0. The lowest BCUT2D eigenvalue weighted by Gasteiger charge is -2.26. The highest BCUT2D eigenvalue weighted by atomic mass is 32.1. The van der Waals surface area contributed by atoms with Gasteiger partial charge in [0.2, 0.25) is 0 Å². The van der Waals surface area contributed by atoms with Crippen LogP contribution in [0.2, 0.25) is 0 Å². The van der Waals surface area contributed by atoms with Gasteiger partial charge in [-0.05, 0) is 50.3 Å². The van der Waals surface area contributed by atoms with Crippen LogP contribution >= 0.6 is 11.3 Å². The number of carbonyl (C=O) groups excluding carboxylic acids is 1. The second kappa shape index (κ2) is 7.08. The molecular weight excluding hydrogens is 308 g/mol. The summed E-state index contributed by atoms with van der Waals surface area (Å²) in [5.74, 6) is 0.808. The second-order valence-corrected chi connectivity index (χ2v) is 7.11. The number of aromatic nitrogens is 2. The van der Waals surface area contributed by atoms with Crippen LogP contribution in [-0.4, -0.2) is 40.1 Å². The zero-order valence-corrected chi connectivity index (χ0v) is 14.4. The summed E-state index contributed by atoms with van der Waals surface area (Å²) >= 11 is 1.66. The second-order valence-electron chi connectivity index (χ2n) is 6.08. The molecule has 2 aromatic heterocycles. The Morgan fingerprint density at radius 2 is 2.04 bits per heavy atom. The summed E-state index contributed by atoms with van der Waals surface area (Å²) in [6.45, 7) is 6.72. The number of carbonyl (C=O) groups is 1. The van der Waals surface area contributed by atoms with Gasteiger partial charge in [0.25, 0.3) is 5.91 Å². The van der Waals surface area contributed by atoms with Crippen LogP contribution in [0.4, 0.5) is 5.82 Å². The third-order valence-electron chi connectivity index (χ3n) is 4.09. The molecule has 6 heteroatoms. The van der Waals surface area contributed by atoms with E-state index in [1.807, 2.05) is 36.3 Å². The number of rotatable bonds is 5. The molecule has 0 radical (unpaired) electrons. The number of thiophene rings is 1. The minimum atomic E-state index is -0.0612. The van der Waals surface area contributed by atoms with Crippen LogP contribution in [-0.2, 0) is 6.54 Å². The molecule has 0 aromatic carbocycles. The minimum Gasteiger partial charge on any atom is -0.355 e. The van der Waals surface area contributed by atoms with Crippen molar-refractivity contribution in [2.24, 2.45) is 0 Å². The summed E-state index contributed by atoms with van der Waals surface area (Å²) in [5, 5.41) is 10.5. The third-order valence-corrected chi connectivity index (χ3v) is 4.95. The van der Waals surface area contributed by atoms with E-state index in [9.17, 15) is 4.79 Å². The first kappa shape index (κ1) is 15.9. The van der Waals surface area contributed by atoms with Crippen LogP contribution in [0.1, 0.15) is 42.1 Å². The Kier molecular flexibility index (Phi) is 4.91. The predicted molar refractivity (Wildman–Crippen MR) is 92.8 cm³/mol. The SMILES string of the molecule is CC(C)N(Cc1cccs1)C(=O)c1ccc(N2CCCC2)nn1. The van der Waals surface area contributed by atoms with Gasteiger partial charge in [-0.1, -0.05) is 6.07 Å². The average Bonchev–Trinajstić information content (AvgIpc) is 3.25. The van der Waals surface area contributed by atoms with E-state index in [0.717, 1.165) is 18.9 Å². The first-order valence-corrected chi connectivity index (χ1v) is 8.95. The number of amides is 1. The first-order chi connectivity index (χ1) is 11.1.